The SMILES string of the molecule is C=P(O)(OC[C@@H](C#N)O[C@@H](c1cc(F)c2c(N)ncnn12)[C@H](F)[C@@H](C)O)OP(=O)(O)OP(O)O. The first-order chi connectivity index (χ1) is 15.7. The van der Waals surface area contributed by atoms with Crippen LogP contribution in [-0.2, 0) is 22.4 Å². The molecule has 0 radical (unpaired) electrons. The summed E-state index contributed by atoms with van der Waals surface area (Å²) in [5, 5.41) is 22.9. The maximum absolute atomic E-state index is 14.9. The minimum atomic E-state index is -5.22. The molecule has 0 aliphatic carbocycles. The molecule has 0 fully saturated rings. The number of hydrogen-bond donors (Lipinski definition) is 6. The summed E-state index contributed by atoms with van der Waals surface area (Å²) in [5.74, 6) is -1.22. The van der Waals surface area contributed by atoms with E-state index in [2.05, 4.69) is 25.0 Å². The summed E-state index contributed by atoms with van der Waals surface area (Å²) < 4.78 is 59.9. The van der Waals surface area contributed by atoms with E-state index in [9.17, 15) is 33.5 Å². The van der Waals surface area contributed by atoms with Crippen molar-refractivity contribution in [3.63, 3.8) is 0 Å². The van der Waals surface area contributed by atoms with Crippen LogP contribution in [0.2, 0.25) is 0 Å². The lowest BCUT2D eigenvalue weighted by atomic mass is 10.1. The van der Waals surface area contributed by atoms with Gasteiger partial charge in [-0.1, -0.05) is 0 Å². The van der Waals surface area contributed by atoms with Crippen molar-refractivity contribution in [2.75, 3.05) is 12.3 Å². The highest BCUT2D eigenvalue weighted by atomic mass is 31.3. The molecule has 20 heteroatoms. The molecule has 2 aromatic heterocycles. The van der Waals surface area contributed by atoms with Gasteiger partial charge in [-0.2, -0.15) is 10.4 Å². The van der Waals surface area contributed by atoms with Crippen LogP contribution in [0.15, 0.2) is 12.4 Å². The van der Waals surface area contributed by atoms with Gasteiger partial charge in [0, 0.05) is 6.07 Å². The molecule has 0 amide bonds. The third-order valence-corrected chi connectivity index (χ3v) is 7.70. The topological polar surface area (TPSA) is 235 Å². The summed E-state index contributed by atoms with van der Waals surface area (Å²) in [7, 11) is -13.0. The van der Waals surface area contributed by atoms with Crippen molar-refractivity contribution in [3.8, 4) is 6.07 Å². The monoisotopic (exact) mass is 549 g/mol. The van der Waals surface area contributed by atoms with Crippen LogP contribution in [0.4, 0.5) is 14.6 Å². The summed E-state index contributed by atoms with van der Waals surface area (Å²) in [5.41, 5.74) is 5.01. The van der Waals surface area contributed by atoms with Gasteiger partial charge >= 0.3 is 16.4 Å². The Labute approximate surface area is 191 Å². The number of aliphatic hydroxyl groups is 1. The summed E-state index contributed by atoms with van der Waals surface area (Å²) in [6.45, 7) is 0.141. The van der Waals surface area contributed by atoms with Gasteiger partial charge in [0.1, 0.15) is 17.9 Å². The first kappa shape index (κ1) is 28.6. The van der Waals surface area contributed by atoms with Gasteiger partial charge in [0.2, 0.25) is 0 Å². The fraction of sp³-hybridized carbons (Fsp3) is 0.429. The molecule has 2 unspecified atom stereocenters. The van der Waals surface area contributed by atoms with Crippen molar-refractivity contribution in [2.24, 2.45) is 0 Å². The van der Waals surface area contributed by atoms with Crippen molar-refractivity contribution in [1.29, 1.82) is 5.26 Å². The lowest BCUT2D eigenvalue weighted by Crippen LogP contribution is -2.33. The second-order valence-corrected chi connectivity index (χ2v) is 10.8. The first-order valence-corrected chi connectivity index (χ1v) is 13.3. The van der Waals surface area contributed by atoms with Crippen LogP contribution in [0.25, 0.3) is 5.52 Å². The van der Waals surface area contributed by atoms with Gasteiger partial charge in [0.15, 0.2) is 23.9 Å². The smallest absolute Gasteiger partial charge is 0.390 e. The van der Waals surface area contributed by atoms with Gasteiger partial charge in [-0.05, 0) is 13.2 Å². The molecule has 2 aromatic rings. The molecule has 190 valence electrons. The molecule has 2 heterocycles. The van der Waals surface area contributed by atoms with Crippen molar-refractivity contribution >= 4 is 41.6 Å². The molecule has 0 bridgehead atoms. The second kappa shape index (κ2) is 11.4. The molecule has 0 aliphatic heterocycles. The Kier molecular flexibility index (Phi) is 9.59. The molecule has 7 N–H and O–H groups in total. The molecule has 0 spiro atoms. The highest BCUT2D eigenvalue weighted by Crippen LogP contribution is 2.64. The van der Waals surface area contributed by atoms with E-state index in [4.69, 9.17) is 24.8 Å². The van der Waals surface area contributed by atoms with Crippen LogP contribution < -0.4 is 5.73 Å². The molecule has 0 aliphatic rings. The number of fused-ring (bicyclic) bond motifs is 1. The number of nitrogens with two attached hydrogens (primary N) is 1. The number of ether oxygens (including phenoxy) is 1. The number of nitriles is 1. The van der Waals surface area contributed by atoms with E-state index < -0.39 is 60.9 Å². The van der Waals surface area contributed by atoms with Crippen molar-refractivity contribution in [1.82, 2.24) is 14.6 Å². The molecule has 0 aromatic carbocycles. The van der Waals surface area contributed by atoms with Crippen molar-refractivity contribution in [2.45, 2.75) is 31.4 Å². The van der Waals surface area contributed by atoms with Gasteiger partial charge in [-0.3, -0.25) is 0 Å². The number of aliphatic hydroxyl groups excluding tert-OH is 1. The summed E-state index contributed by atoms with van der Waals surface area (Å²) in [6, 6.07) is 2.37. The van der Waals surface area contributed by atoms with Crippen molar-refractivity contribution in [3.05, 3.63) is 23.9 Å². The van der Waals surface area contributed by atoms with E-state index >= 15 is 0 Å². The average molecular weight is 549 g/mol. The molecule has 15 nitrogen and oxygen atoms in total. The fourth-order valence-electron chi connectivity index (χ4n) is 2.57. The van der Waals surface area contributed by atoms with Gasteiger partial charge in [-0.25, -0.2) is 31.5 Å². The van der Waals surface area contributed by atoms with Crippen molar-refractivity contribution < 1.29 is 55.9 Å². The summed E-state index contributed by atoms with van der Waals surface area (Å²) in [4.78, 5) is 40.2. The molecular weight excluding hydrogens is 529 g/mol. The van der Waals surface area contributed by atoms with Gasteiger partial charge in [0.05, 0.1) is 24.5 Å². The minimum Gasteiger partial charge on any atom is -0.390 e. The molecule has 2 rings (SSSR count). The molecule has 6 atom stereocenters. The van der Waals surface area contributed by atoms with E-state index in [1.54, 1.807) is 6.07 Å². The van der Waals surface area contributed by atoms with E-state index in [1.165, 1.54) is 0 Å². The number of aromatic nitrogens is 3. The zero-order valence-electron chi connectivity index (χ0n) is 17.1. The molecule has 34 heavy (non-hydrogen) atoms. The quantitative estimate of drug-likeness (QED) is 0.200. The molecule has 0 saturated carbocycles. The zero-order valence-corrected chi connectivity index (χ0v) is 19.8. The number of alkyl halides is 1. The second-order valence-electron chi connectivity index (χ2n) is 6.50. The Morgan fingerprint density at radius 3 is 2.65 bits per heavy atom. The highest BCUT2D eigenvalue weighted by molar-refractivity contribution is 7.69. The number of halogens is 2. The van der Waals surface area contributed by atoms with E-state index in [1.807, 2.05) is 0 Å². The van der Waals surface area contributed by atoms with Gasteiger partial charge in [0.25, 0.3) is 7.57 Å². The predicted molar refractivity (Wildman–Crippen MR) is 113 cm³/mol. The van der Waals surface area contributed by atoms with Crippen LogP contribution in [0.1, 0.15) is 18.7 Å². The maximum atomic E-state index is 14.9. The van der Waals surface area contributed by atoms with Gasteiger partial charge < -0.3 is 39.7 Å². The normalized spacial score (nSPS) is 19.2. The van der Waals surface area contributed by atoms with E-state index in [0.29, 0.717) is 0 Å². The van der Waals surface area contributed by atoms with E-state index in [0.717, 1.165) is 23.8 Å². The standard InChI is InChI=1S/C14H20F2N5O10P3/c1-7(22)11(16)13(10-3-9(15)12-14(18)19-6-20-21(10)12)29-8(4-17)5-28-33(2,25)31-34(26,27)30-32(23)24/h3,6-8,11,13,22-25H,2,5H2,1H3,(H,26,27)(H2,18,19,20)/t7-,8-,11-,13+,33?/m1/s1. The predicted octanol–water partition coefficient (Wildman–Crippen LogP) is 0.668. The third-order valence-electron chi connectivity index (χ3n) is 3.89. The van der Waals surface area contributed by atoms with E-state index in [-0.39, 0.29) is 17.0 Å². The van der Waals surface area contributed by atoms with Crippen LogP contribution in [0.5, 0.6) is 0 Å². The number of rotatable bonds is 12. The number of nitrogens with zero attached hydrogens (tertiary/aromatic N) is 4. The fourth-order valence-corrected chi connectivity index (χ4v) is 5.54. The number of nitrogen functional groups attached to an aromatic ring is 1. The number of hydrogen-bond acceptors (Lipinski definition) is 13. The lowest BCUT2D eigenvalue weighted by molar-refractivity contribution is -0.0802. The highest BCUT2D eigenvalue weighted by Gasteiger charge is 2.36. The number of anilines is 1. The van der Waals surface area contributed by atoms with Gasteiger partial charge in [-0.15, -0.1) is 0 Å². The Morgan fingerprint density at radius 1 is 1.44 bits per heavy atom. The van der Waals surface area contributed by atoms with Crippen LogP contribution in [0, 0.1) is 17.1 Å². The maximum Gasteiger partial charge on any atom is 0.485 e. The Bertz CT molecular complexity index is 1150. The zero-order chi connectivity index (χ0) is 25.8. The third kappa shape index (κ3) is 7.43. The first-order valence-electron chi connectivity index (χ1n) is 8.84. The largest absolute Gasteiger partial charge is 0.485 e. The summed E-state index contributed by atoms with van der Waals surface area (Å²) in [6.07, 6.45) is -3.49. The Hall–Kier alpha value is -1.63. The minimum absolute atomic E-state index is 0.278. The molecule has 0 saturated heterocycles. The number of phosphoric acid groups is 1. The summed E-state index contributed by atoms with van der Waals surface area (Å²) >= 11 is 0. The lowest BCUT2D eigenvalue weighted by Gasteiger charge is -2.26. The van der Waals surface area contributed by atoms with Crippen LogP contribution in [-0.4, -0.2) is 70.6 Å². The molecular formula is C14H20F2N5O10P3. The van der Waals surface area contributed by atoms with Crippen LogP contribution >= 0.6 is 24.0 Å². The van der Waals surface area contributed by atoms with Crippen LogP contribution in [0.3, 0.4) is 0 Å². The average Bonchev–Trinajstić information content (AvgIpc) is 3.03. The Morgan fingerprint density at radius 2 is 2.09 bits per heavy atom. The Balaban J connectivity index is 2.27.